The second kappa shape index (κ2) is 6.52. The number of benzene rings is 1. The van der Waals surface area contributed by atoms with Crippen LogP contribution in [0.1, 0.15) is 18.5 Å². The summed E-state index contributed by atoms with van der Waals surface area (Å²) in [5.41, 5.74) is 0.904. The summed E-state index contributed by atoms with van der Waals surface area (Å²) in [5, 5.41) is 2.64. The lowest BCUT2D eigenvalue weighted by Crippen LogP contribution is -2.55. The number of carbonyl (C=O) groups excluding carboxylic acids is 2. The molecule has 1 fully saturated rings. The normalized spacial score (nSPS) is 17.1. The second-order valence-corrected chi connectivity index (χ2v) is 4.83. The summed E-state index contributed by atoms with van der Waals surface area (Å²) in [6.07, 6.45) is 0. The largest absolute Gasteiger partial charge is 0.465 e. The van der Waals surface area contributed by atoms with Gasteiger partial charge in [-0.2, -0.15) is 0 Å². The molecule has 1 aliphatic rings. The van der Waals surface area contributed by atoms with Crippen molar-refractivity contribution in [3.05, 3.63) is 35.9 Å². The average molecular weight is 276 g/mol. The fraction of sp³-hybridized carbons (Fsp3) is 0.467. The predicted octanol–water partition coefficient (Wildman–Crippen LogP) is 0.969. The molecule has 1 amide bonds. The predicted molar refractivity (Wildman–Crippen MR) is 74.9 cm³/mol. The molecule has 1 aromatic carbocycles. The van der Waals surface area contributed by atoms with Gasteiger partial charge in [-0.25, -0.2) is 4.79 Å². The lowest BCUT2D eigenvalue weighted by atomic mass is 9.93. The van der Waals surface area contributed by atoms with Gasteiger partial charge in [0.15, 0.2) is 0 Å². The molecule has 0 unspecified atom stereocenters. The Hall–Kier alpha value is -1.88. The number of carbonyl (C=O) groups is 2. The summed E-state index contributed by atoms with van der Waals surface area (Å²) in [7, 11) is 1.63. The highest BCUT2D eigenvalue weighted by atomic mass is 16.5. The highest BCUT2D eigenvalue weighted by Gasteiger charge is 2.40. The van der Waals surface area contributed by atoms with Crippen LogP contribution in [0.5, 0.6) is 0 Å². The van der Waals surface area contributed by atoms with E-state index in [0.29, 0.717) is 19.7 Å². The van der Waals surface area contributed by atoms with Crippen LogP contribution in [0.25, 0.3) is 0 Å². The minimum Gasteiger partial charge on any atom is -0.465 e. The number of nitrogens with zero attached hydrogens (tertiary/aromatic N) is 1. The first-order valence-electron chi connectivity index (χ1n) is 6.84. The quantitative estimate of drug-likeness (QED) is 0.814. The Bertz CT molecular complexity index is 469. The van der Waals surface area contributed by atoms with Gasteiger partial charge in [-0.05, 0) is 12.5 Å². The molecule has 1 atom stereocenters. The van der Waals surface area contributed by atoms with E-state index in [0.717, 1.165) is 5.56 Å². The van der Waals surface area contributed by atoms with Crippen LogP contribution < -0.4 is 5.32 Å². The van der Waals surface area contributed by atoms with Crippen molar-refractivity contribution in [3.8, 4) is 0 Å². The van der Waals surface area contributed by atoms with Crippen LogP contribution in [0.4, 0.5) is 0 Å². The third-order valence-electron chi connectivity index (χ3n) is 3.52. The average Bonchev–Trinajstić information content (AvgIpc) is 2.42. The van der Waals surface area contributed by atoms with Crippen molar-refractivity contribution in [1.82, 2.24) is 10.2 Å². The number of nitrogens with one attached hydrogen (secondary N) is 1. The van der Waals surface area contributed by atoms with Gasteiger partial charge in [0.2, 0.25) is 5.91 Å². The Morgan fingerprint density at radius 1 is 1.35 bits per heavy atom. The maximum atomic E-state index is 12.2. The van der Waals surface area contributed by atoms with Crippen molar-refractivity contribution >= 4 is 11.9 Å². The van der Waals surface area contributed by atoms with Crippen LogP contribution in [-0.4, -0.2) is 43.5 Å². The summed E-state index contributed by atoms with van der Waals surface area (Å²) in [6.45, 7) is 3.31. The molecule has 108 valence electrons. The Labute approximate surface area is 118 Å². The Kier molecular flexibility index (Phi) is 4.74. The lowest BCUT2D eigenvalue weighted by molar-refractivity contribution is -0.155. The highest BCUT2D eigenvalue weighted by Crippen LogP contribution is 2.29. The summed E-state index contributed by atoms with van der Waals surface area (Å²) in [4.78, 5) is 25.7. The maximum Gasteiger partial charge on any atom is 0.328 e. The van der Waals surface area contributed by atoms with E-state index in [9.17, 15) is 9.59 Å². The molecule has 0 saturated carbocycles. The van der Waals surface area contributed by atoms with Gasteiger partial charge in [-0.1, -0.05) is 30.3 Å². The van der Waals surface area contributed by atoms with Crippen LogP contribution in [0.3, 0.4) is 0 Å². The first-order chi connectivity index (χ1) is 9.67. The molecule has 0 aromatic heterocycles. The molecule has 0 spiro atoms. The SMILES string of the molecule is CCOC(=O)[C@@H](c1ccccc1)N1CC(C(=O)NC)C1. The molecule has 1 heterocycles. The fourth-order valence-corrected chi connectivity index (χ4v) is 2.45. The van der Waals surface area contributed by atoms with E-state index in [1.54, 1.807) is 14.0 Å². The smallest absolute Gasteiger partial charge is 0.328 e. The standard InChI is InChI=1S/C15H20N2O3/c1-3-20-15(19)13(11-7-5-4-6-8-11)17-9-12(10-17)14(18)16-2/h4-8,12-13H,3,9-10H2,1-2H3,(H,16,18)/t13-/m1/s1. The van der Waals surface area contributed by atoms with Crippen molar-refractivity contribution < 1.29 is 14.3 Å². The van der Waals surface area contributed by atoms with E-state index in [4.69, 9.17) is 4.74 Å². The van der Waals surface area contributed by atoms with E-state index in [-0.39, 0.29) is 17.8 Å². The molecule has 1 N–H and O–H groups in total. The lowest BCUT2D eigenvalue weighted by Gasteiger charge is -2.42. The molecule has 2 rings (SSSR count). The van der Waals surface area contributed by atoms with E-state index >= 15 is 0 Å². The number of amides is 1. The number of hydrogen-bond donors (Lipinski definition) is 1. The van der Waals surface area contributed by atoms with Gasteiger partial charge in [0, 0.05) is 20.1 Å². The van der Waals surface area contributed by atoms with Crippen molar-refractivity contribution in [2.24, 2.45) is 5.92 Å². The minimum absolute atomic E-state index is 0.0249. The molecule has 5 heteroatoms. The van der Waals surface area contributed by atoms with Crippen molar-refractivity contribution in [1.29, 1.82) is 0 Å². The Balaban J connectivity index is 2.09. The summed E-state index contributed by atoms with van der Waals surface area (Å²) >= 11 is 0. The second-order valence-electron chi connectivity index (χ2n) is 4.83. The van der Waals surface area contributed by atoms with E-state index in [1.807, 2.05) is 35.2 Å². The molecule has 1 aliphatic heterocycles. The minimum atomic E-state index is -0.419. The molecule has 0 radical (unpaired) electrons. The third-order valence-corrected chi connectivity index (χ3v) is 3.52. The van der Waals surface area contributed by atoms with Crippen LogP contribution in [-0.2, 0) is 14.3 Å². The van der Waals surface area contributed by atoms with E-state index in [2.05, 4.69) is 5.32 Å². The van der Waals surface area contributed by atoms with Gasteiger partial charge in [0.1, 0.15) is 6.04 Å². The molecule has 1 saturated heterocycles. The zero-order valence-electron chi connectivity index (χ0n) is 11.8. The first-order valence-corrected chi connectivity index (χ1v) is 6.84. The molecule has 0 bridgehead atoms. The van der Waals surface area contributed by atoms with Crippen molar-refractivity contribution in [3.63, 3.8) is 0 Å². The topological polar surface area (TPSA) is 58.6 Å². The zero-order valence-corrected chi connectivity index (χ0v) is 11.8. The molecular weight excluding hydrogens is 256 g/mol. The number of esters is 1. The van der Waals surface area contributed by atoms with Gasteiger partial charge in [0.05, 0.1) is 12.5 Å². The van der Waals surface area contributed by atoms with Gasteiger partial charge in [0.25, 0.3) is 0 Å². The Morgan fingerprint density at radius 3 is 2.55 bits per heavy atom. The maximum absolute atomic E-state index is 12.2. The van der Waals surface area contributed by atoms with Crippen LogP contribution in [0.15, 0.2) is 30.3 Å². The van der Waals surface area contributed by atoms with Crippen LogP contribution in [0, 0.1) is 5.92 Å². The monoisotopic (exact) mass is 276 g/mol. The first kappa shape index (κ1) is 14.5. The van der Waals surface area contributed by atoms with Crippen molar-refractivity contribution in [2.45, 2.75) is 13.0 Å². The zero-order chi connectivity index (χ0) is 14.5. The molecule has 20 heavy (non-hydrogen) atoms. The van der Waals surface area contributed by atoms with Gasteiger partial charge < -0.3 is 10.1 Å². The van der Waals surface area contributed by atoms with E-state index in [1.165, 1.54) is 0 Å². The fourth-order valence-electron chi connectivity index (χ4n) is 2.45. The van der Waals surface area contributed by atoms with Gasteiger partial charge >= 0.3 is 5.97 Å². The summed E-state index contributed by atoms with van der Waals surface area (Å²) in [6, 6.07) is 9.12. The van der Waals surface area contributed by atoms with E-state index < -0.39 is 6.04 Å². The van der Waals surface area contributed by atoms with Crippen molar-refractivity contribution in [2.75, 3.05) is 26.7 Å². The number of ether oxygens (including phenoxy) is 1. The Morgan fingerprint density at radius 2 is 2.00 bits per heavy atom. The molecule has 1 aromatic rings. The number of hydrogen-bond acceptors (Lipinski definition) is 4. The molecular formula is C15H20N2O3. The number of likely N-dealkylation sites (tertiary alicyclic amines) is 1. The van der Waals surface area contributed by atoms with Crippen LogP contribution >= 0.6 is 0 Å². The van der Waals surface area contributed by atoms with Gasteiger partial charge in [-0.15, -0.1) is 0 Å². The number of rotatable bonds is 5. The summed E-state index contributed by atoms with van der Waals surface area (Å²) in [5.74, 6) is -0.272. The van der Waals surface area contributed by atoms with Crippen LogP contribution in [0.2, 0.25) is 0 Å². The third kappa shape index (κ3) is 2.99. The summed E-state index contributed by atoms with van der Waals surface area (Å²) < 4.78 is 5.16. The van der Waals surface area contributed by atoms with Gasteiger partial charge in [-0.3, -0.25) is 9.69 Å². The molecule has 0 aliphatic carbocycles. The highest BCUT2D eigenvalue weighted by molar-refractivity contribution is 5.81. The molecule has 5 nitrogen and oxygen atoms in total.